The molecule has 144 valence electrons. The highest BCUT2D eigenvalue weighted by atomic mass is 79.9. The maximum absolute atomic E-state index is 12.9. The topological polar surface area (TPSA) is 91.1 Å². The number of phenols is 1. The summed E-state index contributed by atoms with van der Waals surface area (Å²) in [5.41, 5.74) is 2.36. The molecule has 1 atom stereocenters. The van der Waals surface area contributed by atoms with Crippen LogP contribution in [0.25, 0.3) is 11.3 Å². The highest BCUT2D eigenvalue weighted by Gasteiger charge is 2.38. The fraction of sp³-hybridized carbons (Fsp3) is 0.167. The van der Waals surface area contributed by atoms with Crippen molar-refractivity contribution in [1.82, 2.24) is 10.1 Å². The second-order valence-electron chi connectivity index (χ2n) is 6.05. The number of rotatable bonds is 3. The van der Waals surface area contributed by atoms with Crippen LogP contribution in [-0.2, 0) is 0 Å². The van der Waals surface area contributed by atoms with Crippen LogP contribution in [0.3, 0.4) is 0 Å². The van der Waals surface area contributed by atoms with E-state index in [9.17, 15) is 9.90 Å². The van der Waals surface area contributed by atoms with Crippen molar-refractivity contribution >= 4 is 45.0 Å². The van der Waals surface area contributed by atoms with Gasteiger partial charge in [0.1, 0.15) is 0 Å². The summed E-state index contributed by atoms with van der Waals surface area (Å²) >= 11 is 11.0. The van der Waals surface area contributed by atoms with Crippen LogP contribution >= 0.6 is 39.3 Å². The van der Waals surface area contributed by atoms with Gasteiger partial charge in [-0.05, 0) is 41.3 Å². The monoisotopic (exact) mass is 481 g/mol. The van der Waals surface area contributed by atoms with Gasteiger partial charge in [-0.25, -0.2) is 0 Å². The zero-order chi connectivity index (χ0) is 20.0. The van der Waals surface area contributed by atoms with Crippen molar-refractivity contribution in [3.63, 3.8) is 0 Å². The van der Waals surface area contributed by atoms with E-state index in [4.69, 9.17) is 16.3 Å². The van der Waals surface area contributed by atoms with E-state index in [1.54, 1.807) is 16.8 Å². The van der Waals surface area contributed by atoms with Gasteiger partial charge in [-0.3, -0.25) is 9.78 Å². The lowest BCUT2D eigenvalue weighted by Crippen LogP contribution is -2.55. The lowest BCUT2D eigenvalue weighted by atomic mass is 10.0. The van der Waals surface area contributed by atoms with Crippen LogP contribution in [0.4, 0.5) is 5.69 Å². The second kappa shape index (κ2) is 7.31. The molecule has 28 heavy (non-hydrogen) atoms. The van der Waals surface area contributed by atoms with Crippen LogP contribution < -0.4 is 20.3 Å². The van der Waals surface area contributed by atoms with Crippen molar-refractivity contribution < 1.29 is 14.5 Å². The maximum Gasteiger partial charge on any atom is 0.325 e. The van der Waals surface area contributed by atoms with Gasteiger partial charge in [0, 0.05) is 15.1 Å². The van der Waals surface area contributed by atoms with Crippen LogP contribution in [0.1, 0.15) is 11.7 Å². The van der Waals surface area contributed by atoms with Crippen LogP contribution in [-0.4, -0.2) is 28.6 Å². The molecule has 1 aromatic heterocycles. The predicted molar refractivity (Wildman–Crippen MR) is 111 cm³/mol. The molecular formula is C18H15BrClN4O3S+. The van der Waals surface area contributed by atoms with E-state index in [1.165, 1.54) is 18.9 Å². The van der Waals surface area contributed by atoms with E-state index >= 15 is 0 Å². The van der Waals surface area contributed by atoms with E-state index < -0.39 is 6.17 Å². The predicted octanol–water partition coefficient (Wildman–Crippen LogP) is 3.55. The van der Waals surface area contributed by atoms with Crippen LogP contribution in [0.5, 0.6) is 11.5 Å². The Kier molecular flexibility index (Phi) is 4.98. The first-order valence-electron chi connectivity index (χ1n) is 8.16. The SMILES string of the molecule is COc1cc([C@H]2Nc3ccc(Br)cc3-c3c(=O)[nH]c(SC)n[n+]32)cc(Cl)c1O. The molecule has 0 fully saturated rings. The van der Waals surface area contributed by atoms with Gasteiger partial charge in [0.15, 0.2) is 11.5 Å². The molecule has 0 radical (unpaired) electrons. The molecule has 0 bridgehead atoms. The minimum atomic E-state index is -0.524. The molecule has 0 saturated heterocycles. The molecule has 0 saturated carbocycles. The highest BCUT2D eigenvalue weighted by molar-refractivity contribution is 9.10. The van der Waals surface area contributed by atoms with Crippen LogP contribution in [0.15, 0.2) is 44.8 Å². The van der Waals surface area contributed by atoms with E-state index in [0.717, 1.165) is 15.7 Å². The fourth-order valence-electron chi connectivity index (χ4n) is 3.14. The average Bonchev–Trinajstić information content (AvgIpc) is 2.68. The molecule has 7 nitrogen and oxygen atoms in total. The molecule has 2 aromatic carbocycles. The van der Waals surface area contributed by atoms with Gasteiger partial charge in [-0.1, -0.05) is 39.3 Å². The van der Waals surface area contributed by atoms with Gasteiger partial charge >= 0.3 is 11.3 Å². The fourth-order valence-corrected chi connectivity index (χ4v) is 4.08. The van der Waals surface area contributed by atoms with Crippen molar-refractivity contribution in [2.24, 2.45) is 0 Å². The van der Waals surface area contributed by atoms with Crippen molar-refractivity contribution in [3.8, 4) is 22.8 Å². The third-order valence-electron chi connectivity index (χ3n) is 4.42. The summed E-state index contributed by atoms with van der Waals surface area (Å²) < 4.78 is 7.70. The number of nitrogens with zero attached hydrogens (tertiary/aromatic N) is 2. The third kappa shape index (κ3) is 3.13. The van der Waals surface area contributed by atoms with E-state index in [0.29, 0.717) is 16.4 Å². The smallest absolute Gasteiger partial charge is 0.325 e. The lowest BCUT2D eigenvalue weighted by molar-refractivity contribution is -0.759. The molecule has 2 heterocycles. The number of ether oxygens (including phenoxy) is 1. The summed E-state index contributed by atoms with van der Waals surface area (Å²) in [6.45, 7) is 0. The minimum Gasteiger partial charge on any atom is -0.503 e. The molecule has 0 aliphatic carbocycles. The van der Waals surface area contributed by atoms with Gasteiger partial charge in [0.05, 0.1) is 23.4 Å². The first kappa shape index (κ1) is 19.1. The Balaban J connectivity index is 2.00. The Morgan fingerprint density at radius 2 is 2.14 bits per heavy atom. The summed E-state index contributed by atoms with van der Waals surface area (Å²) in [6.07, 6.45) is 1.31. The number of nitrogens with one attached hydrogen (secondary N) is 2. The number of H-pyrrole nitrogens is 1. The number of phenolic OH excluding ortho intramolecular Hbond substituents is 1. The number of halogens is 2. The number of anilines is 1. The normalized spacial score (nSPS) is 14.8. The number of hydrogen-bond donors (Lipinski definition) is 3. The molecule has 1 aliphatic heterocycles. The zero-order valence-corrected chi connectivity index (χ0v) is 17.9. The molecule has 3 N–H and O–H groups in total. The molecule has 4 rings (SSSR count). The Hall–Kier alpha value is -2.23. The first-order valence-corrected chi connectivity index (χ1v) is 10.6. The van der Waals surface area contributed by atoms with Gasteiger partial charge < -0.3 is 15.2 Å². The zero-order valence-electron chi connectivity index (χ0n) is 14.8. The number of hydrogen-bond acceptors (Lipinski definition) is 6. The molecular weight excluding hydrogens is 468 g/mol. The molecule has 0 amide bonds. The number of fused-ring (bicyclic) bond motifs is 3. The Bertz CT molecular complexity index is 1150. The summed E-state index contributed by atoms with van der Waals surface area (Å²) in [6, 6.07) is 8.93. The van der Waals surface area contributed by atoms with Crippen molar-refractivity contribution in [1.29, 1.82) is 0 Å². The summed E-state index contributed by atoms with van der Waals surface area (Å²) in [4.78, 5) is 15.7. The molecule has 0 unspecified atom stereocenters. The number of thioether (sulfide) groups is 1. The molecule has 10 heteroatoms. The number of benzene rings is 2. The van der Waals surface area contributed by atoms with Gasteiger partial charge in [0.2, 0.25) is 5.16 Å². The van der Waals surface area contributed by atoms with Crippen molar-refractivity contribution in [3.05, 3.63) is 55.7 Å². The first-order chi connectivity index (χ1) is 13.4. The van der Waals surface area contributed by atoms with Crippen LogP contribution in [0.2, 0.25) is 5.02 Å². The molecule has 3 aromatic rings. The Morgan fingerprint density at radius 3 is 2.86 bits per heavy atom. The standard InChI is InChI=1S/C18H14BrClN4O3S/c1-27-13-6-8(5-11(20)15(13)25)16-21-12-4-3-9(19)7-10(12)14-17(26)22-18(28-2)23-24(14)16/h3-7,16H,1-2H3,(H2,22,23,25,26)/p+1/t16-/m0/s1. The van der Waals surface area contributed by atoms with Gasteiger partial charge in [0.25, 0.3) is 6.17 Å². The quantitative estimate of drug-likeness (QED) is 0.391. The van der Waals surface area contributed by atoms with Gasteiger partial charge in [-0.15, -0.1) is 0 Å². The Morgan fingerprint density at radius 1 is 1.36 bits per heavy atom. The maximum atomic E-state index is 12.9. The number of methoxy groups -OCH3 is 1. The summed E-state index contributed by atoms with van der Waals surface area (Å²) in [5, 5.41) is 18.7. The van der Waals surface area contributed by atoms with E-state index in [-0.39, 0.29) is 22.1 Å². The van der Waals surface area contributed by atoms with Crippen LogP contribution in [0, 0.1) is 0 Å². The Labute approximate surface area is 177 Å². The van der Waals surface area contributed by atoms with Gasteiger partial charge in [-0.2, -0.15) is 0 Å². The number of aromatic nitrogens is 3. The number of aromatic hydroxyl groups is 1. The lowest BCUT2D eigenvalue weighted by Gasteiger charge is -2.23. The number of aromatic amines is 1. The summed E-state index contributed by atoms with van der Waals surface area (Å²) in [5.74, 6) is 0.102. The molecule has 1 aliphatic rings. The highest BCUT2D eigenvalue weighted by Crippen LogP contribution is 2.39. The minimum absolute atomic E-state index is 0.137. The average molecular weight is 483 g/mol. The summed E-state index contributed by atoms with van der Waals surface area (Å²) in [7, 11) is 1.45. The molecule has 0 spiro atoms. The van der Waals surface area contributed by atoms with E-state index in [2.05, 4.69) is 31.3 Å². The van der Waals surface area contributed by atoms with E-state index in [1.807, 2.05) is 24.5 Å². The third-order valence-corrected chi connectivity index (χ3v) is 5.77. The second-order valence-corrected chi connectivity index (χ2v) is 8.16. The largest absolute Gasteiger partial charge is 0.503 e. The van der Waals surface area contributed by atoms with Crippen molar-refractivity contribution in [2.45, 2.75) is 11.3 Å². The van der Waals surface area contributed by atoms with Crippen molar-refractivity contribution in [2.75, 3.05) is 18.7 Å².